The molecule has 1 aliphatic carbocycles. The maximum absolute atomic E-state index is 4.43. The van der Waals surface area contributed by atoms with Crippen LogP contribution < -0.4 is 0 Å². The Morgan fingerprint density at radius 1 is 1.42 bits per heavy atom. The van der Waals surface area contributed by atoms with Gasteiger partial charge in [-0.3, -0.25) is 0 Å². The third-order valence-electron chi connectivity index (χ3n) is 4.33. The van der Waals surface area contributed by atoms with E-state index in [2.05, 4.69) is 40.3 Å². The van der Waals surface area contributed by atoms with Crippen LogP contribution in [0, 0.1) is 12.8 Å². The van der Waals surface area contributed by atoms with Gasteiger partial charge in [-0.15, -0.1) is 0 Å². The molecule has 1 saturated carbocycles. The summed E-state index contributed by atoms with van der Waals surface area (Å²) >= 11 is 0. The van der Waals surface area contributed by atoms with Gasteiger partial charge in [0.05, 0.1) is 5.69 Å². The van der Waals surface area contributed by atoms with Crippen LogP contribution in [0.3, 0.4) is 0 Å². The van der Waals surface area contributed by atoms with Gasteiger partial charge in [0.25, 0.3) is 0 Å². The van der Waals surface area contributed by atoms with Gasteiger partial charge in [0.2, 0.25) is 0 Å². The van der Waals surface area contributed by atoms with Crippen molar-refractivity contribution in [2.75, 3.05) is 0 Å². The summed E-state index contributed by atoms with van der Waals surface area (Å²) in [6, 6.07) is 2.63. The standard InChI is InChI=1S/C16H21N3/c1-11-8-14(9-11)5-4-12(2)19-7-6-15-13(3)17-10-18-16(15)19/h6-7,10,12,14H,1,4-5,8-9H2,2-3H3. The molecule has 0 amide bonds. The Balaban J connectivity index is 1.72. The summed E-state index contributed by atoms with van der Waals surface area (Å²) in [6.45, 7) is 8.34. The Morgan fingerprint density at radius 3 is 2.95 bits per heavy atom. The van der Waals surface area contributed by atoms with E-state index >= 15 is 0 Å². The number of hydrogen-bond donors (Lipinski definition) is 0. The van der Waals surface area contributed by atoms with Crippen LogP contribution in [-0.2, 0) is 0 Å². The molecule has 0 aromatic carbocycles. The summed E-state index contributed by atoms with van der Waals surface area (Å²) in [4.78, 5) is 8.68. The van der Waals surface area contributed by atoms with Crippen molar-refractivity contribution in [3.8, 4) is 0 Å². The summed E-state index contributed by atoms with van der Waals surface area (Å²) in [5, 5.41) is 1.17. The highest BCUT2D eigenvalue weighted by Crippen LogP contribution is 2.36. The first-order valence-corrected chi connectivity index (χ1v) is 7.10. The smallest absolute Gasteiger partial charge is 0.143 e. The molecule has 0 N–H and O–H groups in total. The number of aromatic nitrogens is 3. The highest BCUT2D eigenvalue weighted by molar-refractivity contribution is 5.78. The van der Waals surface area contributed by atoms with Crippen molar-refractivity contribution in [1.29, 1.82) is 0 Å². The lowest BCUT2D eigenvalue weighted by Gasteiger charge is -2.29. The predicted molar refractivity (Wildman–Crippen MR) is 78.1 cm³/mol. The van der Waals surface area contributed by atoms with Crippen molar-refractivity contribution < 1.29 is 0 Å². The van der Waals surface area contributed by atoms with Crippen LogP contribution >= 0.6 is 0 Å². The van der Waals surface area contributed by atoms with Gasteiger partial charge in [0, 0.05) is 17.6 Å². The summed E-state index contributed by atoms with van der Waals surface area (Å²) in [5.74, 6) is 0.869. The molecule has 0 spiro atoms. The van der Waals surface area contributed by atoms with E-state index in [9.17, 15) is 0 Å². The van der Waals surface area contributed by atoms with Gasteiger partial charge in [-0.05, 0) is 51.5 Å². The van der Waals surface area contributed by atoms with E-state index in [0.29, 0.717) is 6.04 Å². The maximum atomic E-state index is 4.43. The minimum atomic E-state index is 0.501. The lowest BCUT2D eigenvalue weighted by Crippen LogP contribution is -2.15. The molecule has 1 atom stereocenters. The third-order valence-corrected chi connectivity index (χ3v) is 4.33. The summed E-state index contributed by atoms with van der Waals surface area (Å²) in [5.41, 5.74) is 3.55. The van der Waals surface area contributed by atoms with Crippen LogP contribution in [-0.4, -0.2) is 14.5 Å². The Hall–Kier alpha value is -1.64. The highest BCUT2D eigenvalue weighted by Gasteiger charge is 2.22. The molecule has 2 aromatic rings. The van der Waals surface area contributed by atoms with Crippen molar-refractivity contribution >= 4 is 11.0 Å². The van der Waals surface area contributed by atoms with E-state index in [0.717, 1.165) is 17.3 Å². The second-order valence-electron chi connectivity index (χ2n) is 5.87. The summed E-state index contributed by atoms with van der Waals surface area (Å²) in [7, 11) is 0. The Kier molecular flexibility index (Phi) is 3.13. The lowest BCUT2D eigenvalue weighted by molar-refractivity contribution is 0.347. The second-order valence-corrected chi connectivity index (χ2v) is 5.87. The predicted octanol–water partition coefficient (Wildman–Crippen LogP) is 4.05. The van der Waals surface area contributed by atoms with E-state index in [1.807, 2.05) is 6.92 Å². The van der Waals surface area contributed by atoms with Crippen LogP contribution in [0.4, 0.5) is 0 Å². The van der Waals surface area contributed by atoms with E-state index < -0.39 is 0 Å². The zero-order chi connectivity index (χ0) is 13.4. The van der Waals surface area contributed by atoms with Gasteiger partial charge in [-0.2, -0.15) is 0 Å². The quantitative estimate of drug-likeness (QED) is 0.772. The van der Waals surface area contributed by atoms with Gasteiger partial charge in [-0.25, -0.2) is 9.97 Å². The number of nitrogens with zero attached hydrogens (tertiary/aromatic N) is 3. The molecule has 100 valence electrons. The summed E-state index contributed by atoms with van der Waals surface area (Å²) in [6.07, 6.45) is 8.79. The zero-order valence-electron chi connectivity index (χ0n) is 11.8. The molecule has 19 heavy (non-hydrogen) atoms. The third kappa shape index (κ3) is 2.29. The van der Waals surface area contributed by atoms with E-state index in [4.69, 9.17) is 0 Å². The molecule has 0 radical (unpaired) electrons. The first kappa shape index (κ1) is 12.4. The number of hydrogen-bond acceptors (Lipinski definition) is 2. The van der Waals surface area contributed by atoms with Crippen LogP contribution in [0.25, 0.3) is 11.0 Å². The Morgan fingerprint density at radius 2 is 2.21 bits per heavy atom. The average Bonchev–Trinajstić information content (AvgIpc) is 2.78. The van der Waals surface area contributed by atoms with Gasteiger partial charge in [0.1, 0.15) is 12.0 Å². The SMILES string of the molecule is C=C1CC(CCC(C)n2ccc3c(C)ncnc32)C1. The largest absolute Gasteiger partial charge is 0.330 e. The topological polar surface area (TPSA) is 30.7 Å². The molecular weight excluding hydrogens is 234 g/mol. The number of rotatable bonds is 4. The summed E-state index contributed by atoms with van der Waals surface area (Å²) < 4.78 is 2.29. The molecule has 0 saturated heterocycles. The highest BCUT2D eigenvalue weighted by atomic mass is 15.1. The fourth-order valence-corrected chi connectivity index (χ4v) is 3.03. The molecule has 0 aliphatic heterocycles. The van der Waals surface area contributed by atoms with Crippen LogP contribution in [0.1, 0.15) is 44.3 Å². The lowest BCUT2D eigenvalue weighted by atomic mass is 9.78. The van der Waals surface area contributed by atoms with Crippen molar-refractivity contribution in [3.63, 3.8) is 0 Å². The van der Waals surface area contributed by atoms with Gasteiger partial charge < -0.3 is 4.57 Å². The minimum absolute atomic E-state index is 0.501. The molecule has 1 fully saturated rings. The molecule has 3 rings (SSSR count). The molecule has 0 bridgehead atoms. The van der Waals surface area contributed by atoms with Crippen LogP contribution in [0.15, 0.2) is 30.7 Å². The first-order valence-electron chi connectivity index (χ1n) is 7.10. The number of fused-ring (bicyclic) bond motifs is 1. The molecule has 3 nitrogen and oxygen atoms in total. The normalized spacial score (nSPS) is 17.7. The monoisotopic (exact) mass is 255 g/mol. The molecule has 2 aromatic heterocycles. The van der Waals surface area contributed by atoms with Gasteiger partial charge in [-0.1, -0.05) is 12.2 Å². The van der Waals surface area contributed by atoms with Crippen molar-refractivity contribution in [3.05, 3.63) is 36.4 Å². The van der Waals surface area contributed by atoms with Crippen LogP contribution in [0.2, 0.25) is 0 Å². The van der Waals surface area contributed by atoms with Gasteiger partial charge >= 0.3 is 0 Å². The van der Waals surface area contributed by atoms with Crippen molar-refractivity contribution in [1.82, 2.24) is 14.5 Å². The van der Waals surface area contributed by atoms with E-state index in [1.54, 1.807) is 6.33 Å². The zero-order valence-corrected chi connectivity index (χ0v) is 11.8. The maximum Gasteiger partial charge on any atom is 0.143 e. The Labute approximate surface area is 114 Å². The second kappa shape index (κ2) is 4.80. The van der Waals surface area contributed by atoms with E-state index in [-0.39, 0.29) is 0 Å². The molecule has 1 aliphatic rings. The van der Waals surface area contributed by atoms with E-state index in [1.165, 1.54) is 36.6 Å². The molecule has 1 unspecified atom stereocenters. The minimum Gasteiger partial charge on any atom is -0.330 e. The Bertz CT molecular complexity index is 603. The van der Waals surface area contributed by atoms with Crippen molar-refractivity contribution in [2.45, 2.75) is 45.6 Å². The van der Waals surface area contributed by atoms with Crippen molar-refractivity contribution in [2.24, 2.45) is 5.92 Å². The first-order chi connectivity index (χ1) is 9.15. The molecule has 2 heterocycles. The van der Waals surface area contributed by atoms with Crippen LogP contribution in [0.5, 0.6) is 0 Å². The average molecular weight is 255 g/mol. The van der Waals surface area contributed by atoms with Gasteiger partial charge in [0.15, 0.2) is 0 Å². The fraction of sp³-hybridized carbons (Fsp3) is 0.500. The molecule has 3 heteroatoms. The number of aryl methyl sites for hydroxylation is 1. The number of allylic oxidation sites excluding steroid dienone is 1. The molecular formula is C16H21N3. The fourth-order valence-electron chi connectivity index (χ4n) is 3.03.